The predicted octanol–water partition coefficient (Wildman–Crippen LogP) is 6.74. The van der Waals surface area contributed by atoms with Crippen LogP contribution in [0.25, 0.3) is 22.4 Å². The zero-order valence-corrected chi connectivity index (χ0v) is 23.1. The number of pyridine rings is 1. The molecule has 3 aromatic carbocycles. The highest BCUT2D eigenvalue weighted by Gasteiger charge is 2.20. The van der Waals surface area contributed by atoms with E-state index in [4.69, 9.17) is 19.2 Å². The number of anilines is 1. The van der Waals surface area contributed by atoms with E-state index in [0.29, 0.717) is 44.8 Å². The van der Waals surface area contributed by atoms with E-state index in [0.717, 1.165) is 22.4 Å². The molecule has 0 fully saturated rings. The molecular formula is C31H29N3O4S. The molecule has 1 aromatic heterocycles. The van der Waals surface area contributed by atoms with E-state index in [-0.39, 0.29) is 12.3 Å². The molecule has 0 aliphatic heterocycles. The Kier molecular flexibility index (Phi) is 9.08. The summed E-state index contributed by atoms with van der Waals surface area (Å²) in [7, 11) is 4.65. The minimum absolute atomic E-state index is 0.0978. The maximum atomic E-state index is 12.6. The largest absolute Gasteiger partial charge is 0.493 e. The molecule has 39 heavy (non-hydrogen) atoms. The minimum Gasteiger partial charge on any atom is -0.493 e. The number of aryl methyl sites for hydroxylation is 1. The summed E-state index contributed by atoms with van der Waals surface area (Å²) in [6.45, 7) is 1.95. The van der Waals surface area contributed by atoms with Crippen LogP contribution in [0.5, 0.6) is 17.2 Å². The van der Waals surface area contributed by atoms with Crippen LogP contribution in [0, 0.1) is 18.3 Å². The van der Waals surface area contributed by atoms with Gasteiger partial charge in [0.1, 0.15) is 11.1 Å². The SMILES string of the molecule is COc1cc(-c2cc(-c3ccccc3)nc(SCCC(=O)Nc3ccccc3C)c2C#N)cc(OC)c1OC. The highest BCUT2D eigenvalue weighted by molar-refractivity contribution is 7.99. The van der Waals surface area contributed by atoms with Crippen molar-refractivity contribution in [1.29, 1.82) is 5.26 Å². The number of amides is 1. The second-order valence-electron chi connectivity index (χ2n) is 8.59. The van der Waals surface area contributed by atoms with E-state index in [1.54, 1.807) is 21.3 Å². The van der Waals surface area contributed by atoms with Crippen molar-refractivity contribution in [3.8, 4) is 45.7 Å². The number of ether oxygens (including phenoxy) is 3. The molecule has 0 aliphatic carbocycles. The summed E-state index contributed by atoms with van der Waals surface area (Å²) in [5.41, 5.74) is 5.22. The summed E-state index contributed by atoms with van der Waals surface area (Å²) >= 11 is 1.38. The highest BCUT2D eigenvalue weighted by atomic mass is 32.2. The molecule has 0 radical (unpaired) electrons. The van der Waals surface area contributed by atoms with Crippen molar-refractivity contribution in [3.63, 3.8) is 0 Å². The summed E-state index contributed by atoms with van der Waals surface area (Å²) < 4.78 is 16.6. The quantitative estimate of drug-likeness (QED) is 0.223. The molecule has 0 saturated heterocycles. The van der Waals surface area contributed by atoms with Crippen LogP contribution in [0.4, 0.5) is 5.69 Å². The number of benzene rings is 3. The monoisotopic (exact) mass is 539 g/mol. The Bertz CT molecular complexity index is 1490. The van der Waals surface area contributed by atoms with Crippen LogP contribution in [0.15, 0.2) is 77.8 Å². The van der Waals surface area contributed by atoms with Gasteiger partial charge >= 0.3 is 0 Å². The lowest BCUT2D eigenvalue weighted by atomic mass is 9.98. The van der Waals surface area contributed by atoms with Crippen molar-refractivity contribution in [2.45, 2.75) is 18.4 Å². The van der Waals surface area contributed by atoms with Gasteiger partial charge in [0.2, 0.25) is 11.7 Å². The van der Waals surface area contributed by atoms with Crippen molar-refractivity contribution in [2.75, 3.05) is 32.4 Å². The lowest BCUT2D eigenvalue weighted by molar-refractivity contribution is -0.115. The smallest absolute Gasteiger partial charge is 0.225 e. The molecule has 8 heteroatoms. The molecule has 0 saturated carbocycles. The highest BCUT2D eigenvalue weighted by Crippen LogP contribution is 2.43. The third kappa shape index (κ3) is 6.33. The second-order valence-corrected chi connectivity index (χ2v) is 9.67. The maximum Gasteiger partial charge on any atom is 0.225 e. The fraction of sp³-hybridized carbons (Fsp3) is 0.194. The van der Waals surface area contributed by atoms with Crippen LogP contribution in [-0.2, 0) is 4.79 Å². The summed E-state index contributed by atoms with van der Waals surface area (Å²) in [6.07, 6.45) is 0.265. The third-order valence-electron chi connectivity index (χ3n) is 6.13. The van der Waals surface area contributed by atoms with Crippen LogP contribution in [0.3, 0.4) is 0 Å². The minimum atomic E-state index is -0.0978. The van der Waals surface area contributed by atoms with Crippen molar-refractivity contribution in [3.05, 3.63) is 83.9 Å². The lowest BCUT2D eigenvalue weighted by Gasteiger charge is -2.16. The first-order chi connectivity index (χ1) is 19.0. The first kappa shape index (κ1) is 27.6. The Morgan fingerprint density at radius 2 is 1.59 bits per heavy atom. The van der Waals surface area contributed by atoms with Gasteiger partial charge in [0.05, 0.1) is 32.6 Å². The summed E-state index contributed by atoms with van der Waals surface area (Å²) in [6, 6.07) is 25.3. The molecule has 0 unspecified atom stereocenters. The first-order valence-corrected chi connectivity index (χ1v) is 13.3. The van der Waals surface area contributed by atoms with Crippen LogP contribution < -0.4 is 19.5 Å². The number of nitrogens with zero attached hydrogens (tertiary/aromatic N) is 2. The van der Waals surface area contributed by atoms with E-state index in [2.05, 4.69) is 11.4 Å². The van der Waals surface area contributed by atoms with Crippen LogP contribution >= 0.6 is 11.8 Å². The Morgan fingerprint density at radius 1 is 0.923 bits per heavy atom. The Labute approximate surface area is 232 Å². The van der Waals surface area contributed by atoms with Crippen LogP contribution in [0.1, 0.15) is 17.5 Å². The van der Waals surface area contributed by atoms with Crippen molar-refractivity contribution >= 4 is 23.4 Å². The van der Waals surface area contributed by atoms with E-state index in [1.165, 1.54) is 11.8 Å². The fourth-order valence-corrected chi connectivity index (χ4v) is 5.07. The number of rotatable bonds is 10. The van der Waals surface area contributed by atoms with Crippen molar-refractivity contribution < 1.29 is 19.0 Å². The molecule has 1 N–H and O–H groups in total. The van der Waals surface area contributed by atoms with Crippen LogP contribution in [-0.4, -0.2) is 38.0 Å². The number of nitriles is 1. The third-order valence-corrected chi connectivity index (χ3v) is 7.11. The van der Waals surface area contributed by atoms with Crippen molar-refractivity contribution in [1.82, 2.24) is 4.98 Å². The molecule has 0 spiro atoms. The second kappa shape index (κ2) is 12.9. The zero-order chi connectivity index (χ0) is 27.8. The first-order valence-electron chi connectivity index (χ1n) is 12.3. The number of methoxy groups -OCH3 is 3. The Balaban J connectivity index is 1.71. The molecule has 4 rings (SSSR count). The number of hydrogen-bond acceptors (Lipinski definition) is 7. The van der Waals surface area contributed by atoms with Gasteiger partial charge in [0.25, 0.3) is 0 Å². The summed E-state index contributed by atoms with van der Waals surface area (Å²) in [5, 5.41) is 13.7. The van der Waals surface area contributed by atoms with Gasteiger partial charge in [0, 0.05) is 29.0 Å². The number of hydrogen-bond donors (Lipinski definition) is 1. The molecule has 198 valence electrons. The van der Waals surface area contributed by atoms with E-state index in [9.17, 15) is 10.1 Å². The summed E-state index contributed by atoms with van der Waals surface area (Å²) in [5.74, 6) is 1.78. The van der Waals surface area contributed by atoms with Gasteiger partial charge in [0.15, 0.2) is 11.5 Å². The molecule has 0 atom stereocenters. The molecule has 0 bridgehead atoms. The van der Waals surface area contributed by atoms with Crippen LogP contribution in [0.2, 0.25) is 0 Å². The number of nitrogens with one attached hydrogen (secondary N) is 1. The van der Waals surface area contributed by atoms with Gasteiger partial charge in [-0.3, -0.25) is 4.79 Å². The maximum absolute atomic E-state index is 12.6. The number of carbonyl (C=O) groups excluding carboxylic acids is 1. The molecule has 4 aromatic rings. The number of carbonyl (C=O) groups is 1. The normalized spacial score (nSPS) is 10.4. The number of para-hydroxylation sites is 1. The Morgan fingerprint density at radius 3 is 2.21 bits per heavy atom. The summed E-state index contributed by atoms with van der Waals surface area (Å²) in [4.78, 5) is 17.5. The Hall–Kier alpha value is -4.48. The van der Waals surface area contributed by atoms with Gasteiger partial charge in [-0.05, 0) is 42.3 Å². The van der Waals surface area contributed by atoms with Gasteiger partial charge in [-0.2, -0.15) is 5.26 Å². The average molecular weight is 540 g/mol. The molecular weight excluding hydrogens is 510 g/mol. The van der Waals surface area contributed by atoms with Crippen molar-refractivity contribution in [2.24, 2.45) is 0 Å². The zero-order valence-electron chi connectivity index (χ0n) is 22.3. The topological polar surface area (TPSA) is 93.5 Å². The lowest BCUT2D eigenvalue weighted by Crippen LogP contribution is -2.13. The van der Waals surface area contributed by atoms with Gasteiger partial charge in [-0.25, -0.2) is 4.98 Å². The van der Waals surface area contributed by atoms with Gasteiger partial charge < -0.3 is 19.5 Å². The number of thioether (sulfide) groups is 1. The molecule has 0 aliphatic rings. The molecule has 7 nitrogen and oxygen atoms in total. The number of aromatic nitrogens is 1. The van der Waals surface area contributed by atoms with E-state index >= 15 is 0 Å². The fourth-order valence-electron chi connectivity index (χ4n) is 4.12. The van der Waals surface area contributed by atoms with Gasteiger partial charge in [-0.15, -0.1) is 11.8 Å². The van der Waals surface area contributed by atoms with E-state index < -0.39 is 0 Å². The van der Waals surface area contributed by atoms with Gasteiger partial charge in [-0.1, -0.05) is 48.5 Å². The average Bonchev–Trinajstić information content (AvgIpc) is 2.97. The standard InChI is InChI=1S/C31H29N3O4S/c1-20-10-8-9-13-25(20)33-29(35)14-15-39-31-24(19-32)23(18-26(34-31)21-11-6-5-7-12-21)22-16-27(36-2)30(38-4)28(17-22)37-3/h5-13,16-18H,14-15H2,1-4H3,(H,33,35). The molecule has 1 heterocycles. The molecule has 1 amide bonds. The van der Waals surface area contributed by atoms with E-state index in [1.807, 2.05) is 79.7 Å². The predicted molar refractivity (Wildman–Crippen MR) is 155 cm³/mol.